The number of halogens is 2. The zero-order chi connectivity index (χ0) is 12.7. The summed E-state index contributed by atoms with van der Waals surface area (Å²) in [6, 6.07) is 0. The SMILES string of the molecule is O=C(O)C1(C2(O)CCCOC2)CCC(F)(F)C1. The predicted octanol–water partition coefficient (Wildman–Crippen LogP) is 1.42. The number of hydrogen-bond donors (Lipinski definition) is 2. The molecule has 1 saturated heterocycles. The molecule has 2 N–H and O–H groups in total. The first-order valence-electron chi connectivity index (χ1n) is 5.73. The van der Waals surface area contributed by atoms with E-state index in [1.54, 1.807) is 0 Å². The maximum Gasteiger partial charge on any atom is 0.312 e. The summed E-state index contributed by atoms with van der Waals surface area (Å²) >= 11 is 0. The molecular formula is C11H16F2O4. The molecular weight excluding hydrogens is 234 g/mol. The van der Waals surface area contributed by atoms with Crippen LogP contribution in [0.2, 0.25) is 0 Å². The van der Waals surface area contributed by atoms with Crippen LogP contribution in [0.1, 0.15) is 32.1 Å². The van der Waals surface area contributed by atoms with E-state index in [2.05, 4.69) is 0 Å². The number of rotatable bonds is 2. The summed E-state index contributed by atoms with van der Waals surface area (Å²) in [5, 5.41) is 19.6. The van der Waals surface area contributed by atoms with Crippen molar-refractivity contribution in [2.45, 2.75) is 43.6 Å². The number of ether oxygens (including phenoxy) is 1. The molecule has 0 bridgehead atoms. The van der Waals surface area contributed by atoms with Gasteiger partial charge in [0.05, 0.1) is 6.61 Å². The molecule has 0 amide bonds. The molecule has 1 aliphatic carbocycles. The fourth-order valence-corrected chi connectivity index (χ4v) is 2.95. The summed E-state index contributed by atoms with van der Waals surface area (Å²) in [6.07, 6.45) is -0.779. The van der Waals surface area contributed by atoms with Gasteiger partial charge in [0.15, 0.2) is 0 Å². The van der Waals surface area contributed by atoms with Crippen LogP contribution in [-0.4, -0.2) is 40.9 Å². The van der Waals surface area contributed by atoms with E-state index in [4.69, 9.17) is 4.74 Å². The first-order valence-corrected chi connectivity index (χ1v) is 5.73. The standard InChI is InChI=1S/C11H16F2O4/c12-11(13)4-3-9(6-11,8(14)15)10(16)2-1-5-17-7-10/h16H,1-7H2,(H,14,15). The normalized spacial score (nSPS) is 41.4. The van der Waals surface area contributed by atoms with Crippen molar-refractivity contribution in [3.8, 4) is 0 Å². The Hall–Kier alpha value is -0.750. The highest BCUT2D eigenvalue weighted by Crippen LogP contribution is 2.55. The average Bonchev–Trinajstić information content (AvgIpc) is 2.57. The zero-order valence-corrected chi connectivity index (χ0v) is 9.42. The molecule has 1 aliphatic heterocycles. The third-order valence-electron chi connectivity index (χ3n) is 4.00. The van der Waals surface area contributed by atoms with Gasteiger partial charge in [0.25, 0.3) is 0 Å². The van der Waals surface area contributed by atoms with Crippen LogP contribution in [0.4, 0.5) is 8.78 Å². The Labute approximate surface area is 97.6 Å². The predicted molar refractivity (Wildman–Crippen MR) is 53.9 cm³/mol. The number of aliphatic hydroxyl groups is 1. The number of hydrogen-bond acceptors (Lipinski definition) is 3. The molecule has 2 atom stereocenters. The van der Waals surface area contributed by atoms with Crippen molar-refractivity contribution in [3.05, 3.63) is 0 Å². The summed E-state index contributed by atoms with van der Waals surface area (Å²) < 4.78 is 31.7. The molecule has 2 aliphatic rings. The van der Waals surface area contributed by atoms with Gasteiger partial charge in [0.2, 0.25) is 5.92 Å². The maximum absolute atomic E-state index is 13.3. The van der Waals surface area contributed by atoms with Gasteiger partial charge in [-0.15, -0.1) is 0 Å². The first kappa shape index (κ1) is 12.7. The minimum Gasteiger partial charge on any atom is -0.481 e. The lowest BCUT2D eigenvalue weighted by atomic mass is 9.67. The highest BCUT2D eigenvalue weighted by atomic mass is 19.3. The van der Waals surface area contributed by atoms with E-state index in [-0.39, 0.29) is 19.4 Å². The highest BCUT2D eigenvalue weighted by Gasteiger charge is 2.64. The maximum atomic E-state index is 13.3. The van der Waals surface area contributed by atoms with Gasteiger partial charge in [-0.05, 0) is 19.3 Å². The van der Waals surface area contributed by atoms with Crippen molar-refractivity contribution in [2.24, 2.45) is 5.41 Å². The molecule has 1 heterocycles. The summed E-state index contributed by atoms with van der Waals surface area (Å²) in [4.78, 5) is 11.4. The van der Waals surface area contributed by atoms with Crippen molar-refractivity contribution < 1.29 is 28.5 Å². The van der Waals surface area contributed by atoms with Crippen molar-refractivity contribution in [3.63, 3.8) is 0 Å². The Morgan fingerprint density at radius 3 is 2.35 bits per heavy atom. The molecule has 4 nitrogen and oxygen atoms in total. The van der Waals surface area contributed by atoms with Crippen molar-refractivity contribution in [1.29, 1.82) is 0 Å². The van der Waals surface area contributed by atoms with Crippen molar-refractivity contribution in [2.75, 3.05) is 13.2 Å². The van der Waals surface area contributed by atoms with Crippen molar-refractivity contribution >= 4 is 5.97 Å². The second-order valence-electron chi connectivity index (χ2n) is 5.11. The molecule has 1 saturated carbocycles. The molecule has 2 rings (SSSR count). The second-order valence-corrected chi connectivity index (χ2v) is 5.11. The van der Waals surface area contributed by atoms with Crippen molar-refractivity contribution in [1.82, 2.24) is 0 Å². The fraction of sp³-hybridized carbons (Fsp3) is 0.909. The molecule has 17 heavy (non-hydrogen) atoms. The van der Waals surface area contributed by atoms with E-state index in [1.165, 1.54) is 0 Å². The molecule has 0 aromatic heterocycles. The third-order valence-corrected chi connectivity index (χ3v) is 4.00. The van der Waals surface area contributed by atoms with Gasteiger partial charge in [-0.1, -0.05) is 0 Å². The quantitative estimate of drug-likeness (QED) is 0.777. The fourth-order valence-electron chi connectivity index (χ4n) is 2.95. The average molecular weight is 250 g/mol. The van der Waals surface area contributed by atoms with E-state index < -0.39 is 35.7 Å². The lowest BCUT2D eigenvalue weighted by molar-refractivity contribution is -0.194. The van der Waals surface area contributed by atoms with E-state index >= 15 is 0 Å². The van der Waals surface area contributed by atoms with E-state index in [0.29, 0.717) is 13.0 Å². The van der Waals surface area contributed by atoms with Gasteiger partial charge in [0.1, 0.15) is 11.0 Å². The summed E-state index contributed by atoms with van der Waals surface area (Å²) in [5.41, 5.74) is -3.44. The molecule has 2 unspecified atom stereocenters. The minimum atomic E-state index is -3.01. The lowest BCUT2D eigenvalue weighted by Crippen LogP contribution is -2.57. The Kier molecular flexibility index (Phi) is 2.90. The Morgan fingerprint density at radius 2 is 1.94 bits per heavy atom. The third kappa shape index (κ3) is 1.93. The molecule has 6 heteroatoms. The Morgan fingerprint density at radius 1 is 1.24 bits per heavy atom. The number of alkyl halides is 2. The van der Waals surface area contributed by atoms with Crippen LogP contribution in [0.3, 0.4) is 0 Å². The van der Waals surface area contributed by atoms with Crippen LogP contribution >= 0.6 is 0 Å². The monoisotopic (exact) mass is 250 g/mol. The van der Waals surface area contributed by atoms with Crippen LogP contribution < -0.4 is 0 Å². The van der Waals surface area contributed by atoms with Crippen LogP contribution in [0.25, 0.3) is 0 Å². The molecule has 2 fully saturated rings. The van der Waals surface area contributed by atoms with Crippen LogP contribution in [0, 0.1) is 5.41 Å². The number of carbonyl (C=O) groups is 1. The van der Waals surface area contributed by atoms with Crippen LogP contribution in [-0.2, 0) is 9.53 Å². The summed E-state index contributed by atoms with van der Waals surface area (Å²) in [7, 11) is 0. The molecule has 98 valence electrons. The molecule has 0 spiro atoms. The Bertz CT molecular complexity index is 325. The summed E-state index contributed by atoms with van der Waals surface area (Å²) in [5.74, 6) is -4.35. The topological polar surface area (TPSA) is 66.8 Å². The van der Waals surface area contributed by atoms with Crippen LogP contribution in [0.5, 0.6) is 0 Å². The van der Waals surface area contributed by atoms with Crippen LogP contribution in [0.15, 0.2) is 0 Å². The lowest BCUT2D eigenvalue weighted by Gasteiger charge is -2.43. The van der Waals surface area contributed by atoms with Gasteiger partial charge in [-0.25, -0.2) is 8.78 Å². The van der Waals surface area contributed by atoms with Gasteiger partial charge < -0.3 is 14.9 Å². The Balaban J connectivity index is 2.32. The van der Waals surface area contributed by atoms with Gasteiger partial charge >= 0.3 is 5.97 Å². The van der Waals surface area contributed by atoms with Gasteiger partial charge in [0, 0.05) is 19.4 Å². The van der Waals surface area contributed by atoms with E-state index in [0.717, 1.165) is 0 Å². The second kappa shape index (κ2) is 3.88. The molecule has 0 aromatic carbocycles. The summed E-state index contributed by atoms with van der Waals surface area (Å²) in [6.45, 7) is 0.268. The van der Waals surface area contributed by atoms with Gasteiger partial charge in [-0.3, -0.25) is 4.79 Å². The van der Waals surface area contributed by atoms with E-state index in [1.807, 2.05) is 0 Å². The zero-order valence-electron chi connectivity index (χ0n) is 9.42. The smallest absolute Gasteiger partial charge is 0.312 e. The number of aliphatic carboxylic acids is 1. The highest BCUT2D eigenvalue weighted by molar-refractivity contribution is 5.77. The first-order chi connectivity index (χ1) is 7.81. The molecule has 0 radical (unpaired) electrons. The molecule has 0 aromatic rings. The van der Waals surface area contributed by atoms with E-state index in [9.17, 15) is 23.8 Å². The largest absolute Gasteiger partial charge is 0.481 e. The van der Waals surface area contributed by atoms with Gasteiger partial charge in [-0.2, -0.15) is 0 Å². The number of carboxylic acids is 1. The number of carboxylic acid groups (broad SMARTS) is 1. The minimum absolute atomic E-state index is 0.171.